The van der Waals surface area contributed by atoms with Crippen LogP contribution in [0.5, 0.6) is 0 Å². The molecule has 3 N–H and O–H groups in total. The molecule has 4 rings (SSSR count). The summed E-state index contributed by atoms with van der Waals surface area (Å²) in [5.41, 5.74) is 9.71. The molecule has 1 aliphatic rings. The van der Waals surface area contributed by atoms with E-state index in [-0.39, 0.29) is 5.91 Å². The lowest BCUT2D eigenvalue weighted by Crippen LogP contribution is -2.40. The molecule has 4 nitrogen and oxygen atoms in total. The number of para-hydroxylation sites is 1. The molecule has 1 saturated carbocycles. The van der Waals surface area contributed by atoms with Crippen molar-refractivity contribution in [3.05, 3.63) is 71.9 Å². The average molecular weight is 376 g/mol. The number of nitrogens with zero attached hydrogens (tertiary/aromatic N) is 1. The van der Waals surface area contributed by atoms with Gasteiger partial charge < -0.3 is 15.6 Å². The van der Waals surface area contributed by atoms with Gasteiger partial charge in [-0.05, 0) is 49.3 Å². The van der Waals surface area contributed by atoms with Gasteiger partial charge in [-0.2, -0.15) is 0 Å². The maximum absolute atomic E-state index is 12.5. The Bertz CT molecular complexity index is 923. The predicted molar refractivity (Wildman–Crippen MR) is 114 cm³/mol. The van der Waals surface area contributed by atoms with Crippen molar-refractivity contribution >= 4 is 16.8 Å². The number of rotatable bonds is 6. The largest absolute Gasteiger partial charge is 0.353 e. The molecule has 4 heteroatoms. The number of carbonyl (C=O) groups is 1. The Morgan fingerprint density at radius 3 is 2.50 bits per heavy atom. The summed E-state index contributed by atoms with van der Waals surface area (Å²) in [5, 5.41) is 4.45. The van der Waals surface area contributed by atoms with Gasteiger partial charge in [0.1, 0.15) is 0 Å². The second-order valence-electron chi connectivity index (χ2n) is 7.96. The van der Waals surface area contributed by atoms with Crippen LogP contribution in [-0.4, -0.2) is 22.6 Å². The molecule has 28 heavy (non-hydrogen) atoms. The molecular weight excluding hydrogens is 346 g/mol. The molecule has 2 aromatic carbocycles. The van der Waals surface area contributed by atoms with E-state index in [0.717, 1.165) is 38.6 Å². The fourth-order valence-corrected chi connectivity index (χ4v) is 4.24. The van der Waals surface area contributed by atoms with Crippen molar-refractivity contribution in [1.82, 2.24) is 9.88 Å². The summed E-state index contributed by atoms with van der Waals surface area (Å²) in [5.74, 6) is 0.153. The standard InChI is InChI=1S/C24H29N3O/c25-20-11-13-21(14-12-20)26-24(28)15-10-19-17-27(16-18-6-2-1-3-7-18)23-9-5-4-8-22(19)23/h1-9,17,20-21H,10-16,25H2,(H,26,28). The smallest absolute Gasteiger partial charge is 0.220 e. The molecule has 1 amide bonds. The molecule has 1 fully saturated rings. The predicted octanol–water partition coefficient (Wildman–Crippen LogP) is 4.01. The van der Waals surface area contributed by atoms with Gasteiger partial charge in [0.15, 0.2) is 0 Å². The van der Waals surface area contributed by atoms with E-state index in [1.54, 1.807) is 0 Å². The van der Waals surface area contributed by atoms with Crippen molar-refractivity contribution in [2.24, 2.45) is 5.73 Å². The number of carbonyl (C=O) groups excluding carboxylic acids is 1. The lowest BCUT2D eigenvalue weighted by atomic mass is 9.91. The monoisotopic (exact) mass is 375 g/mol. The normalized spacial score (nSPS) is 19.6. The minimum Gasteiger partial charge on any atom is -0.353 e. The maximum atomic E-state index is 12.5. The highest BCUT2D eigenvalue weighted by molar-refractivity contribution is 5.85. The third kappa shape index (κ3) is 4.45. The van der Waals surface area contributed by atoms with Crippen molar-refractivity contribution in [1.29, 1.82) is 0 Å². The number of hydrogen-bond donors (Lipinski definition) is 2. The van der Waals surface area contributed by atoms with Gasteiger partial charge >= 0.3 is 0 Å². The molecule has 1 aromatic heterocycles. The van der Waals surface area contributed by atoms with Crippen LogP contribution in [0.2, 0.25) is 0 Å². The number of hydrogen-bond acceptors (Lipinski definition) is 2. The number of aromatic nitrogens is 1. The fraction of sp³-hybridized carbons (Fsp3) is 0.375. The molecule has 0 atom stereocenters. The van der Waals surface area contributed by atoms with E-state index >= 15 is 0 Å². The molecular formula is C24H29N3O. The summed E-state index contributed by atoms with van der Waals surface area (Å²) >= 11 is 0. The summed E-state index contributed by atoms with van der Waals surface area (Å²) in [6.45, 7) is 0.843. The maximum Gasteiger partial charge on any atom is 0.220 e. The van der Waals surface area contributed by atoms with Gasteiger partial charge in [-0.25, -0.2) is 0 Å². The Balaban J connectivity index is 1.43. The molecule has 1 aliphatic carbocycles. The van der Waals surface area contributed by atoms with E-state index in [4.69, 9.17) is 5.73 Å². The highest BCUT2D eigenvalue weighted by Gasteiger charge is 2.20. The molecule has 0 unspecified atom stereocenters. The first kappa shape index (κ1) is 18.8. The van der Waals surface area contributed by atoms with E-state index in [9.17, 15) is 4.79 Å². The van der Waals surface area contributed by atoms with Gasteiger partial charge in [0, 0.05) is 42.1 Å². The number of nitrogens with one attached hydrogen (secondary N) is 1. The van der Waals surface area contributed by atoms with Gasteiger partial charge in [0.05, 0.1) is 0 Å². The topological polar surface area (TPSA) is 60.0 Å². The Morgan fingerprint density at radius 1 is 1.00 bits per heavy atom. The molecule has 3 aromatic rings. The Labute approximate surface area is 166 Å². The van der Waals surface area contributed by atoms with E-state index in [2.05, 4.69) is 64.6 Å². The van der Waals surface area contributed by atoms with Crippen LogP contribution in [0.1, 0.15) is 43.2 Å². The highest BCUT2D eigenvalue weighted by atomic mass is 16.1. The van der Waals surface area contributed by atoms with Crippen LogP contribution in [0.4, 0.5) is 0 Å². The second-order valence-corrected chi connectivity index (χ2v) is 7.96. The first-order chi connectivity index (χ1) is 13.7. The zero-order chi connectivity index (χ0) is 19.3. The highest BCUT2D eigenvalue weighted by Crippen LogP contribution is 2.24. The Hall–Kier alpha value is -2.59. The molecule has 0 aliphatic heterocycles. The molecule has 0 saturated heterocycles. The van der Waals surface area contributed by atoms with Crippen LogP contribution in [0, 0.1) is 0 Å². The molecule has 146 valence electrons. The van der Waals surface area contributed by atoms with Crippen LogP contribution in [0.3, 0.4) is 0 Å². The molecule has 0 radical (unpaired) electrons. The Morgan fingerprint density at radius 2 is 1.71 bits per heavy atom. The van der Waals surface area contributed by atoms with E-state index < -0.39 is 0 Å². The van der Waals surface area contributed by atoms with Crippen LogP contribution < -0.4 is 11.1 Å². The lowest BCUT2D eigenvalue weighted by molar-refractivity contribution is -0.122. The van der Waals surface area contributed by atoms with Crippen LogP contribution in [0.15, 0.2) is 60.8 Å². The van der Waals surface area contributed by atoms with Gasteiger partial charge in [-0.15, -0.1) is 0 Å². The quantitative estimate of drug-likeness (QED) is 0.684. The summed E-state index contributed by atoms with van der Waals surface area (Å²) in [4.78, 5) is 12.5. The van der Waals surface area contributed by atoms with E-state index in [1.165, 1.54) is 22.0 Å². The first-order valence-corrected chi connectivity index (χ1v) is 10.3. The third-order valence-electron chi connectivity index (χ3n) is 5.83. The minimum atomic E-state index is 0.153. The third-order valence-corrected chi connectivity index (χ3v) is 5.83. The zero-order valence-electron chi connectivity index (χ0n) is 16.3. The van der Waals surface area contributed by atoms with Crippen LogP contribution >= 0.6 is 0 Å². The van der Waals surface area contributed by atoms with Crippen molar-refractivity contribution in [3.63, 3.8) is 0 Å². The van der Waals surface area contributed by atoms with Gasteiger partial charge in [0.25, 0.3) is 0 Å². The fourth-order valence-electron chi connectivity index (χ4n) is 4.24. The summed E-state index contributed by atoms with van der Waals surface area (Å²) in [7, 11) is 0. The molecule has 0 bridgehead atoms. The number of amides is 1. The number of benzene rings is 2. The van der Waals surface area contributed by atoms with Crippen molar-refractivity contribution in [2.75, 3.05) is 0 Å². The SMILES string of the molecule is NC1CCC(NC(=O)CCc2cn(Cc3ccccc3)c3ccccc23)CC1. The molecule has 1 heterocycles. The Kier molecular flexibility index (Phi) is 5.77. The summed E-state index contributed by atoms with van der Waals surface area (Å²) in [6.07, 6.45) is 7.54. The van der Waals surface area contributed by atoms with Gasteiger partial charge in [-0.1, -0.05) is 48.5 Å². The molecule has 0 spiro atoms. The van der Waals surface area contributed by atoms with Gasteiger partial charge in [0.2, 0.25) is 5.91 Å². The zero-order valence-corrected chi connectivity index (χ0v) is 16.3. The second kappa shape index (κ2) is 8.61. The van der Waals surface area contributed by atoms with E-state index in [1.807, 2.05) is 6.07 Å². The van der Waals surface area contributed by atoms with Crippen LogP contribution in [0.25, 0.3) is 10.9 Å². The van der Waals surface area contributed by atoms with Crippen molar-refractivity contribution < 1.29 is 4.79 Å². The summed E-state index contributed by atoms with van der Waals surface area (Å²) < 4.78 is 2.29. The minimum absolute atomic E-state index is 0.153. The lowest BCUT2D eigenvalue weighted by Gasteiger charge is -2.26. The van der Waals surface area contributed by atoms with Crippen molar-refractivity contribution in [3.8, 4) is 0 Å². The van der Waals surface area contributed by atoms with E-state index in [0.29, 0.717) is 18.5 Å². The number of fused-ring (bicyclic) bond motifs is 1. The average Bonchev–Trinajstić information content (AvgIpc) is 3.07. The van der Waals surface area contributed by atoms with Gasteiger partial charge in [-0.3, -0.25) is 4.79 Å². The first-order valence-electron chi connectivity index (χ1n) is 10.3. The summed E-state index contributed by atoms with van der Waals surface area (Å²) in [6, 6.07) is 19.6. The number of aryl methyl sites for hydroxylation is 1. The van der Waals surface area contributed by atoms with Crippen molar-refractivity contribution in [2.45, 2.75) is 57.2 Å². The van der Waals surface area contributed by atoms with Crippen LogP contribution in [-0.2, 0) is 17.8 Å². The number of nitrogens with two attached hydrogens (primary N) is 1.